The van der Waals surface area contributed by atoms with Crippen molar-refractivity contribution in [2.75, 3.05) is 14.2 Å². The number of benzene rings is 4. The van der Waals surface area contributed by atoms with Crippen molar-refractivity contribution in [3.05, 3.63) is 109 Å². The van der Waals surface area contributed by atoms with Crippen LogP contribution in [-0.2, 0) is 11.2 Å². The quantitative estimate of drug-likeness (QED) is 0.162. The van der Waals surface area contributed by atoms with Crippen LogP contribution in [0, 0.1) is 6.92 Å². The Balaban J connectivity index is 1.99. The van der Waals surface area contributed by atoms with Gasteiger partial charge >= 0.3 is 5.97 Å². The number of methoxy groups -OCH3 is 2. The lowest BCUT2D eigenvalue weighted by Gasteiger charge is -2.26. The van der Waals surface area contributed by atoms with E-state index in [1.54, 1.807) is 32.4 Å². The van der Waals surface area contributed by atoms with Crippen LogP contribution in [-0.4, -0.2) is 30.4 Å². The molecule has 4 aromatic rings. The molecule has 8 heteroatoms. The number of rotatable bonds is 10. The Morgan fingerprint density at radius 2 is 1.54 bits per heavy atom. The predicted octanol–water partition coefficient (Wildman–Crippen LogP) is 8.97. The van der Waals surface area contributed by atoms with Gasteiger partial charge in [0.2, 0.25) is 0 Å². The molecule has 0 saturated carbocycles. The van der Waals surface area contributed by atoms with Gasteiger partial charge in [0, 0.05) is 28.7 Å². The molecule has 41 heavy (non-hydrogen) atoms. The first-order valence-electron chi connectivity index (χ1n) is 13.0. The van der Waals surface area contributed by atoms with Crippen LogP contribution >= 0.6 is 31.9 Å². The summed E-state index contributed by atoms with van der Waals surface area (Å²) >= 11 is 7.17. The Hall–Kier alpha value is -3.49. The van der Waals surface area contributed by atoms with Crippen molar-refractivity contribution in [1.29, 1.82) is 0 Å². The molecule has 0 amide bonds. The second kappa shape index (κ2) is 13.0. The summed E-state index contributed by atoms with van der Waals surface area (Å²) in [7, 11) is 3.21. The van der Waals surface area contributed by atoms with Crippen LogP contribution in [0.15, 0.2) is 75.7 Å². The Bertz CT molecular complexity index is 1560. The van der Waals surface area contributed by atoms with Crippen LogP contribution in [0.3, 0.4) is 0 Å². The molecule has 0 radical (unpaired) electrons. The lowest BCUT2D eigenvalue weighted by Crippen LogP contribution is -2.09. The van der Waals surface area contributed by atoms with Crippen molar-refractivity contribution >= 4 is 37.8 Å². The molecule has 4 aromatic carbocycles. The number of ether oxygens (including phenoxy) is 3. The van der Waals surface area contributed by atoms with Crippen molar-refractivity contribution in [1.82, 2.24) is 0 Å². The molecule has 4 rings (SSSR count). The van der Waals surface area contributed by atoms with Crippen molar-refractivity contribution in [2.45, 2.75) is 39.0 Å². The third kappa shape index (κ3) is 6.88. The molecule has 0 aliphatic rings. The maximum Gasteiger partial charge on any atom is 0.307 e. The van der Waals surface area contributed by atoms with E-state index in [-0.39, 0.29) is 18.1 Å². The van der Waals surface area contributed by atoms with Crippen LogP contribution in [0.5, 0.6) is 28.7 Å². The summed E-state index contributed by atoms with van der Waals surface area (Å²) in [5.41, 5.74) is 5.09. The van der Waals surface area contributed by atoms with E-state index in [2.05, 4.69) is 51.8 Å². The summed E-state index contributed by atoms with van der Waals surface area (Å²) < 4.78 is 19.1. The van der Waals surface area contributed by atoms with E-state index in [1.165, 1.54) is 0 Å². The SMILES string of the molecule is COc1ccc(C(c2cccc(C)c2)c2cc(OC)c(C(C)C)cc2Oc2c(Br)cc(CC(=O)O)cc2Br)c(O)c1. The minimum atomic E-state index is -0.920. The van der Waals surface area contributed by atoms with Crippen LogP contribution in [0.25, 0.3) is 0 Å². The van der Waals surface area contributed by atoms with Crippen molar-refractivity contribution < 1.29 is 29.2 Å². The number of halogens is 2. The maximum absolute atomic E-state index is 11.3. The van der Waals surface area contributed by atoms with Gasteiger partial charge < -0.3 is 24.4 Å². The molecular weight excluding hydrogens is 652 g/mol. The largest absolute Gasteiger partial charge is 0.507 e. The van der Waals surface area contributed by atoms with Gasteiger partial charge in [0.15, 0.2) is 5.75 Å². The molecule has 214 valence electrons. The topological polar surface area (TPSA) is 85.2 Å². The number of aromatic hydroxyl groups is 1. The fourth-order valence-corrected chi connectivity index (χ4v) is 6.34. The molecule has 0 aliphatic heterocycles. The van der Waals surface area contributed by atoms with Gasteiger partial charge in [0.05, 0.1) is 29.6 Å². The molecule has 1 unspecified atom stereocenters. The highest BCUT2D eigenvalue weighted by molar-refractivity contribution is 9.11. The van der Waals surface area contributed by atoms with E-state index in [9.17, 15) is 15.0 Å². The molecule has 6 nitrogen and oxygen atoms in total. The number of aryl methyl sites for hydroxylation is 1. The van der Waals surface area contributed by atoms with E-state index < -0.39 is 11.9 Å². The molecule has 0 saturated heterocycles. The number of carbonyl (C=O) groups is 1. The molecule has 0 fully saturated rings. The van der Waals surface area contributed by atoms with E-state index in [1.807, 2.05) is 49.4 Å². The van der Waals surface area contributed by atoms with Gasteiger partial charge in [-0.15, -0.1) is 0 Å². The van der Waals surface area contributed by atoms with Crippen molar-refractivity contribution in [2.24, 2.45) is 0 Å². The molecule has 2 N–H and O–H groups in total. The summed E-state index contributed by atoms with van der Waals surface area (Å²) in [6.45, 7) is 6.20. The minimum Gasteiger partial charge on any atom is -0.507 e. The highest BCUT2D eigenvalue weighted by Crippen LogP contribution is 2.48. The fourth-order valence-electron chi connectivity index (χ4n) is 4.90. The first kappa shape index (κ1) is 30.5. The van der Waals surface area contributed by atoms with Gasteiger partial charge in [0.1, 0.15) is 23.0 Å². The first-order valence-corrected chi connectivity index (χ1v) is 14.6. The number of carboxylic acids is 1. The Morgan fingerprint density at radius 3 is 2.10 bits per heavy atom. The lowest BCUT2D eigenvalue weighted by molar-refractivity contribution is -0.136. The first-order chi connectivity index (χ1) is 19.5. The monoisotopic (exact) mass is 682 g/mol. The molecule has 0 bridgehead atoms. The average Bonchev–Trinajstić information content (AvgIpc) is 2.91. The normalized spacial score (nSPS) is 11.8. The smallest absolute Gasteiger partial charge is 0.307 e. The van der Waals surface area contributed by atoms with Gasteiger partial charge in [-0.2, -0.15) is 0 Å². The predicted molar refractivity (Wildman–Crippen MR) is 167 cm³/mol. The van der Waals surface area contributed by atoms with Crippen LogP contribution in [0.4, 0.5) is 0 Å². The summed E-state index contributed by atoms with van der Waals surface area (Å²) in [6.07, 6.45) is -0.116. The molecule has 0 aliphatic carbocycles. The van der Waals surface area contributed by atoms with E-state index in [0.717, 1.165) is 22.3 Å². The molecular formula is C33H32Br2O6. The van der Waals surface area contributed by atoms with Gasteiger partial charge in [-0.1, -0.05) is 49.7 Å². The van der Waals surface area contributed by atoms with Gasteiger partial charge in [-0.25, -0.2) is 0 Å². The minimum absolute atomic E-state index is 0.0918. The molecule has 0 spiro atoms. The third-order valence-corrected chi connectivity index (χ3v) is 8.02. The fraction of sp³-hybridized carbons (Fsp3) is 0.242. The summed E-state index contributed by atoms with van der Waals surface area (Å²) in [6, 6.07) is 20.9. The highest BCUT2D eigenvalue weighted by Gasteiger charge is 2.27. The second-order valence-corrected chi connectivity index (χ2v) is 11.8. The Labute approximate surface area is 257 Å². The van der Waals surface area contributed by atoms with Crippen molar-refractivity contribution in [3.8, 4) is 28.7 Å². The van der Waals surface area contributed by atoms with E-state index in [0.29, 0.717) is 43.1 Å². The molecule has 0 heterocycles. The molecule has 1 atom stereocenters. The number of hydrogen-bond donors (Lipinski definition) is 2. The highest BCUT2D eigenvalue weighted by atomic mass is 79.9. The van der Waals surface area contributed by atoms with Crippen LogP contribution in [0.1, 0.15) is 59.1 Å². The summed E-state index contributed by atoms with van der Waals surface area (Å²) in [5, 5.41) is 20.5. The number of aliphatic carboxylic acids is 1. The Morgan fingerprint density at radius 1 is 0.854 bits per heavy atom. The maximum atomic E-state index is 11.3. The number of carboxylic acid groups (broad SMARTS) is 1. The zero-order chi connectivity index (χ0) is 29.8. The summed E-state index contributed by atoms with van der Waals surface area (Å²) in [5.74, 6) is 1.22. The average molecular weight is 684 g/mol. The number of phenols is 1. The summed E-state index contributed by atoms with van der Waals surface area (Å²) in [4.78, 5) is 11.3. The lowest BCUT2D eigenvalue weighted by atomic mass is 9.82. The zero-order valence-corrected chi connectivity index (χ0v) is 26.7. The van der Waals surface area contributed by atoms with Gasteiger partial charge in [-0.05, 0) is 86.2 Å². The van der Waals surface area contributed by atoms with E-state index in [4.69, 9.17) is 14.2 Å². The van der Waals surface area contributed by atoms with Crippen molar-refractivity contribution in [3.63, 3.8) is 0 Å². The molecule has 0 aromatic heterocycles. The second-order valence-electron chi connectivity index (χ2n) is 10.1. The number of phenolic OH excluding ortho intramolecular Hbond substituents is 1. The zero-order valence-electron chi connectivity index (χ0n) is 23.5. The standard InChI is InChI=1S/C33H32Br2O6/c1-18(2)24-16-30(41-33-26(34)12-20(13-27(33)35)14-31(37)38)25(17-29(24)40-5)32(21-8-6-7-19(3)11-21)23-10-9-22(39-4)15-28(23)36/h6-13,15-18,32,36H,14H2,1-5H3,(H,37,38). The number of hydrogen-bond acceptors (Lipinski definition) is 5. The van der Waals surface area contributed by atoms with Gasteiger partial charge in [0.25, 0.3) is 0 Å². The Kier molecular flexibility index (Phi) is 9.66. The van der Waals surface area contributed by atoms with Crippen LogP contribution < -0.4 is 14.2 Å². The third-order valence-electron chi connectivity index (χ3n) is 6.84. The van der Waals surface area contributed by atoms with E-state index >= 15 is 0 Å². The van der Waals surface area contributed by atoms with Gasteiger partial charge in [-0.3, -0.25) is 4.79 Å². The van der Waals surface area contributed by atoms with Crippen LogP contribution in [0.2, 0.25) is 0 Å².